The molecule has 0 aromatic rings. The summed E-state index contributed by atoms with van der Waals surface area (Å²) in [6.07, 6.45) is -6.30. The van der Waals surface area contributed by atoms with E-state index in [1.165, 1.54) is 0 Å². The molecule has 7 heteroatoms. The minimum Gasteiger partial charge on any atom is -0.478 e. The van der Waals surface area contributed by atoms with Crippen molar-refractivity contribution < 1.29 is 32.5 Å². The van der Waals surface area contributed by atoms with Gasteiger partial charge >= 0.3 is 12.1 Å². The van der Waals surface area contributed by atoms with E-state index >= 15 is 0 Å². The maximum Gasteiger partial charge on any atom is 0.413 e. The van der Waals surface area contributed by atoms with E-state index in [2.05, 4.69) is 0 Å². The molecule has 4 nitrogen and oxygen atoms in total. The third-order valence-electron chi connectivity index (χ3n) is 1.75. The number of aliphatic carboxylic acids is 1. The molecule has 0 atom stereocenters. The summed E-state index contributed by atoms with van der Waals surface area (Å²) in [4.78, 5) is 10.3. The van der Waals surface area contributed by atoms with Crippen molar-refractivity contribution in [3.8, 4) is 0 Å². The summed E-state index contributed by atoms with van der Waals surface area (Å²) in [5.41, 5.74) is -1.18. The Hall–Kier alpha value is -1.08. The van der Waals surface area contributed by atoms with E-state index in [-0.39, 0.29) is 19.3 Å². The molecule has 0 aliphatic heterocycles. The van der Waals surface area contributed by atoms with Gasteiger partial charge in [0.05, 0.1) is 0 Å². The van der Waals surface area contributed by atoms with Gasteiger partial charge in [-0.3, -0.25) is 0 Å². The van der Waals surface area contributed by atoms with Gasteiger partial charge in [0.1, 0.15) is 0 Å². The van der Waals surface area contributed by atoms with Crippen LogP contribution in [0.1, 0.15) is 20.3 Å². The van der Waals surface area contributed by atoms with Crippen LogP contribution in [0.3, 0.4) is 0 Å². The smallest absolute Gasteiger partial charge is 0.413 e. The number of alkyl halides is 3. The predicted octanol–water partition coefficient (Wildman–Crippen LogP) is 2.35. The highest BCUT2D eigenvalue weighted by Gasteiger charge is 2.36. The number of hydrogen-bond acceptors (Lipinski definition) is 3. The monoisotopic (exact) mass is 256 g/mol. The third-order valence-corrected chi connectivity index (χ3v) is 1.75. The standard InChI is InChI=1S/C10H15F3O4/c1-3-16-9(17-4-2)6-7(5-8(14)15)10(11,12)13/h5,9H,3-4,6H2,1-2H3,(H,14,15). The van der Waals surface area contributed by atoms with Gasteiger partial charge in [-0.1, -0.05) is 0 Å². The highest BCUT2D eigenvalue weighted by molar-refractivity contribution is 5.80. The van der Waals surface area contributed by atoms with Gasteiger partial charge in [0.15, 0.2) is 6.29 Å². The average molecular weight is 256 g/mol. The molecule has 0 aliphatic rings. The zero-order valence-corrected chi connectivity index (χ0v) is 9.58. The van der Waals surface area contributed by atoms with Gasteiger partial charge < -0.3 is 14.6 Å². The van der Waals surface area contributed by atoms with E-state index < -0.39 is 30.4 Å². The molecule has 0 amide bonds. The Bertz CT molecular complexity index is 267. The number of hydrogen-bond donors (Lipinski definition) is 1. The summed E-state index contributed by atoms with van der Waals surface area (Å²) in [6, 6.07) is 0. The fraction of sp³-hybridized carbons (Fsp3) is 0.700. The molecule has 17 heavy (non-hydrogen) atoms. The van der Waals surface area contributed by atoms with E-state index in [4.69, 9.17) is 14.6 Å². The van der Waals surface area contributed by atoms with Crippen LogP contribution >= 0.6 is 0 Å². The van der Waals surface area contributed by atoms with Crippen molar-refractivity contribution in [2.75, 3.05) is 13.2 Å². The minimum atomic E-state index is -4.70. The lowest BCUT2D eigenvalue weighted by Crippen LogP contribution is -2.24. The number of ether oxygens (including phenoxy) is 2. The van der Waals surface area contributed by atoms with Gasteiger partial charge in [-0.2, -0.15) is 13.2 Å². The van der Waals surface area contributed by atoms with Gasteiger partial charge in [0, 0.05) is 31.3 Å². The van der Waals surface area contributed by atoms with Gasteiger partial charge in [-0.15, -0.1) is 0 Å². The molecular weight excluding hydrogens is 241 g/mol. The van der Waals surface area contributed by atoms with Crippen LogP contribution in [0.2, 0.25) is 0 Å². The first-order chi connectivity index (χ1) is 7.81. The maximum absolute atomic E-state index is 12.5. The molecule has 0 aliphatic carbocycles. The molecule has 0 radical (unpaired) electrons. The van der Waals surface area contributed by atoms with Crippen molar-refractivity contribution in [3.05, 3.63) is 11.6 Å². The zero-order chi connectivity index (χ0) is 13.5. The van der Waals surface area contributed by atoms with Crippen molar-refractivity contribution in [1.82, 2.24) is 0 Å². The molecule has 100 valence electrons. The number of rotatable bonds is 7. The molecule has 0 spiro atoms. The van der Waals surface area contributed by atoms with Crippen LogP contribution in [-0.4, -0.2) is 36.8 Å². The lowest BCUT2D eigenvalue weighted by molar-refractivity contribution is -0.151. The summed E-state index contributed by atoms with van der Waals surface area (Å²) in [5.74, 6) is -1.65. The van der Waals surface area contributed by atoms with Crippen molar-refractivity contribution >= 4 is 5.97 Å². The van der Waals surface area contributed by atoms with Crippen molar-refractivity contribution in [2.45, 2.75) is 32.7 Å². The first-order valence-corrected chi connectivity index (χ1v) is 5.05. The molecule has 0 aromatic heterocycles. The first-order valence-electron chi connectivity index (χ1n) is 5.05. The summed E-state index contributed by atoms with van der Waals surface area (Å²) in [5, 5.41) is 8.36. The fourth-order valence-electron chi connectivity index (χ4n) is 1.12. The van der Waals surface area contributed by atoms with Crippen molar-refractivity contribution in [2.24, 2.45) is 0 Å². The number of carboxylic acids is 1. The highest BCUT2D eigenvalue weighted by atomic mass is 19.4. The summed E-state index contributed by atoms with van der Waals surface area (Å²) < 4.78 is 47.3. The molecule has 0 saturated heterocycles. The molecular formula is C10H15F3O4. The van der Waals surface area contributed by atoms with Crippen LogP contribution in [0.4, 0.5) is 13.2 Å². The Balaban J connectivity index is 4.77. The third kappa shape index (κ3) is 6.96. The van der Waals surface area contributed by atoms with Crippen molar-refractivity contribution in [3.63, 3.8) is 0 Å². The fourth-order valence-corrected chi connectivity index (χ4v) is 1.12. The quantitative estimate of drug-likeness (QED) is 0.561. The second kappa shape index (κ2) is 7.29. The van der Waals surface area contributed by atoms with Crippen LogP contribution in [0.15, 0.2) is 11.6 Å². The SMILES string of the molecule is CCOC(CC(=CC(=O)O)C(F)(F)F)OCC. The second-order valence-corrected chi connectivity index (χ2v) is 3.05. The Morgan fingerprint density at radius 1 is 1.29 bits per heavy atom. The Morgan fingerprint density at radius 3 is 2.06 bits per heavy atom. The number of carbonyl (C=O) groups is 1. The Labute approximate surface area is 97.0 Å². The van der Waals surface area contributed by atoms with Gasteiger partial charge in [0.2, 0.25) is 0 Å². The largest absolute Gasteiger partial charge is 0.478 e. The van der Waals surface area contributed by atoms with E-state index in [1.54, 1.807) is 13.8 Å². The lowest BCUT2D eigenvalue weighted by Gasteiger charge is -2.19. The first kappa shape index (κ1) is 15.9. The number of carboxylic acid groups (broad SMARTS) is 1. The zero-order valence-electron chi connectivity index (χ0n) is 9.58. The molecule has 0 saturated carbocycles. The van der Waals surface area contributed by atoms with Crippen LogP contribution in [-0.2, 0) is 14.3 Å². The topological polar surface area (TPSA) is 55.8 Å². The van der Waals surface area contributed by atoms with Gasteiger partial charge in [-0.05, 0) is 13.8 Å². The average Bonchev–Trinajstić information content (AvgIpc) is 2.15. The normalized spacial score (nSPS) is 13.2. The molecule has 0 heterocycles. The van der Waals surface area contributed by atoms with E-state index in [9.17, 15) is 18.0 Å². The molecule has 0 fully saturated rings. The summed E-state index contributed by atoms with van der Waals surface area (Å²) in [7, 11) is 0. The maximum atomic E-state index is 12.5. The van der Waals surface area contributed by atoms with E-state index in [0.29, 0.717) is 0 Å². The molecule has 0 unspecified atom stereocenters. The Kier molecular flexibility index (Phi) is 6.82. The lowest BCUT2D eigenvalue weighted by atomic mass is 10.1. The summed E-state index contributed by atoms with van der Waals surface area (Å²) >= 11 is 0. The molecule has 0 bridgehead atoms. The van der Waals surface area contributed by atoms with E-state index in [1.807, 2.05) is 0 Å². The van der Waals surface area contributed by atoms with Gasteiger partial charge in [0.25, 0.3) is 0 Å². The van der Waals surface area contributed by atoms with Gasteiger partial charge in [-0.25, -0.2) is 4.79 Å². The number of halogens is 3. The predicted molar refractivity (Wildman–Crippen MR) is 53.4 cm³/mol. The minimum absolute atomic E-state index is 0.130. The van der Waals surface area contributed by atoms with Crippen LogP contribution in [0, 0.1) is 0 Å². The van der Waals surface area contributed by atoms with Crippen LogP contribution < -0.4 is 0 Å². The second-order valence-electron chi connectivity index (χ2n) is 3.05. The van der Waals surface area contributed by atoms with Crippen LogP contribution in [0.25, 0.3) is 0 Å². The molecule has 1 N–H and O–H groups in total. The highest BCUT2D eigenvalue weighted by Crippen LogP contribution is 2.29. The summed E-state index contributed by atoms with van der Waals surface area (Å²) in [6.45, 7) is 3.59. The Morgan fingerprint density at radius 2 is 1.76 bits per heavy atom. The molecule has 0 rings (SSSR count). The molecule has 0 aromatic carbocycles. The van der Waals surface area contributed by atoms with Crippen LogP contribution in [0.5, 0.6) is 0 Å². The van der Waals surface area contributed by atoms with E-state index in [0.717, 1.165) is 0 Å². The van der Waals surface area contributed by atoms with Crippen molar-refractivity contribution in [1.29, 1.82) is 0 Å².